The minimum absolute atomic E-state index is 0.903. The van der Waals surface area contributed by atoms with E-state index in [1.165, 1.54) is 16.3 Å². The van der Waals surface area contributed by atoms with Crippen LogP contribution in [0, 0.1) is 0 Å². The Labute approximate surface area is 225 Å². The number of nitrogens with zero attached hydrogens (tertiary/aromatic N) is 5. The fourth-order valence-electron chi connectivity index (χ4n) is 5.68. The van der Waals surface area contributed by atoms with E-state index in [0.29, 0.717) is 0 Å². The van der Waals surface area contributed by atoms with Gasteiger partial charge in [-0.15, -0.1) is 0 Å². The molecule has 8 rings (SSSR count). The fourth-order valence-corrected chi connectivity index (χ4v) is 5.68. The van der Waals surface area contributed by atoms with Gasteiger partial charge in [-0.2, -0.15) is 5.10 Å². The molecule has 0 aliphatic carbocycles. The van der Waals surface area contributed by atoms with Gasteiger partial charge in [-0.1, -0.05) is 66.7 Å². The highest BCUT2D eigenvalue weighted by atomic mass is 15.3. The summed E-state index contributed by atoms with van der Waals surface area (Å²) in [6, 6.07) is 38.4. The van der Waals surface area contributed by atoms with Crippen molar-refractivity contribution in [3.05, 3.63) is 139 Å². The summed E-state index contributed by atoms with van der Waals surface area (Å²) in [5.41, 5.74) is 8.90. The van der Waals surface area contributed by atoms with Crippen LogP contribution in [0.5, 0.6) is 0 Å². The van der Waals surface area contributed by atoms with Gasteiger partial charge in [0.2, 0.25) is 0 Å². The molecule has 0 saturated carbocycles. The Kier molecular flexibility index (Phi) is 4.76. The number of pyridine rings is 1. The topological polar surface area (TPSA) is 38.9 Å². The lowest BCUT2D eigenvalue weighted by Gasteiger charge is -2.28. The molecule has 0 spiro atoms. The third-order valence-electron chi connectivity index (χ3n) is 7.44. The monoisotopic (exact) mass is 501 g/mol. The van der Waals surface area contributed by atoms with Crippen LogP contribution in [0.3, 0.4) is 0 Å². The van der Waals surface area contributed by atoms with E-state index in [2.05, 4.69) is 118 Å². The highest BCUT2D eigenvalue weighted by Gasteiger charge is 2.22. The van der Waals surface area contributed by atoms with Gasteiger partial charge in [0.15, 0.2) is 0 Å². The quantitative estimate of drug-likeness (QED) is 0.244. The predicted molar refractivity (Wildman–Crippen MR) is 159 cm³/mol. The maximum Gasteiger partial charge on any atom is 0.137 e. The first kappa shape index (κ1) is 21.6. The van der Waals surface area contributed by atoms with Crippen molar-refractivity contribution in [3.63, 3.8) is 0 Å². The number of hydrogen-bond donors (Lipinski definition) is 0. The maximum absolute atomic E-state index is 4.72. The molecular formula is C34H23N5. The van der Waals surface area contributed by atoms with Crippen LogP contribution in [-0.4, -0.2) is 19.3 Å². The van der Waals surface area contributed by atoms with Crippen molar-refractivity contribution in [2.45, 2.75) is 0 Å². The molecule has 4 heterocycles. The number of aromatic nitrogens is 4. The summed E-state index contributed by atoms with van der Waals surface area (Å²) in [4.78, 5) is 7.08. The summed E-state index contributed by atoms with van der Waals surface area (Å²) in [6.07, 6.45) is 10.0. The van der Waals surface area contributed by atoms with Crippen molar-refractivity contribution in [2.24, 2.45) is 0 Å². The van der Waals surface area contributed by atoms with E-state index in [1.807, 2.05) is 41.5 Å². The van der Waals surface area contributed by atoms with Crippen LogP contribution < -0.4 is 4.90 Å². The Morgan fingerprint density at radius 1 is 0.538 bits per heavy atom. The SMILES string of the molecule is C1=Cc2ccc(-n3cccn3)cc2N(c2ccc3c4ccccc4n(-c4ccccn4)c3c2)c2ccccc21. The van der Waals surface area contributed by atoms with Gasteiger partial charge in [0, 0.05) is 35.1 Å². The lowest BCUT2D eigenvalue weighted by Crippen LogP contribution is -2.12. The summed E-state index contributed by atoms with van der Waals surface area (Å²) >= 11 is 0. The first-order chi connectivity index (χ1) is 19.3. The molecule has 5 heteroatoms. The van der Waals surface area contributed by atoms with E-state index in [-0.39, 0.29) is 0 Å². The van der Waals surface area contributed by atoms with Crippen molar-refractivity contribution in [3.8, 4) is 11.5 Å². The van der Waals surface area contributed by atoms with Gasteiger partial charge in [-0.3, -0.25) is 4.57 Å². The molecule has 0 atom stereocenters. The van der Waals surface area contributed by atoms with Crippen molar-refractivity contribution < 1.29 is 0 Å². The van der Waals surface area contributed by atoms with Crippen LogP contribution in [0.25, 0.3) is 45.5 Å². The number of anilines is 3. The molecule has 0 fully saturated rings. The van der Waals surface area contributed by atoms with Crippen molar-refractivity contribution in [1.29, 1.82) is 0 Å². The van der Waals surface area contributed by atoms with Crippen molar-refractivity contribution in [2.75, 3.05) is 4.90 Å². The van der Waals surface area contributed by atoms with Gasteiger partial charge >= 0.3 is 0 Å². The lowest BCUT2D eigenvalue weighted by molar-refractivity contribution is 0.880. The van der Waals surface area contributed by atoms with Gasteiger partial charge in [-0.05, 0) is 65.7 Å². The zero-order valence-corrected chi connectivity index (χ0v) is 21.0. The zero-order chi connectivity index (χ0) is 25.8. The third-order valence-corrected chi connectivity index (χ3v) is 7.44. The van der Waals surface area contributed by atoms with Crippen molar-refractivity contribution in [1.82, 2.24) is 19.3 Å². The number of rotatable bonds is 3. The highest BCUT2D eigenvalue weighted by Crippen LogP contribution is 2.44. The van der Waals surface area contributed by atoms with Gasteiger partial charge in [0.25, 0.3) is 0 Å². The van der Waals surface area contributed by atoms with Gasteiger partial charge < -0.3 is 4.90 Å². The highest BCUT2D eigenvalue weighted by molar-refractivity contribution is 6.10. The molecule has 1 aliphatic heterocycles. The molecule has 0 saturated heterocycles. The smallest absolute Gasteiger partial charge is 0.137 e. The average Bonchev–Trinajstić information content (AvgIpc) is 3.60. The summed E-state index contributed by atoms with van der Waals surface area (Å²) in [7, 11) is 0. The van der Waals surface area contributed by atoms with Gasteiger partial charge in [-0.25, -0.2) is 9.67 Å². The van der Waals surface area contributed by atoms with E-state index in [1.54, 1.807) is 0 Å². The first-order valence-electron chi connectivity index (χ1n) is 13.0. The number of fused-ring (bicyclic) bond motifs is 5. The van der Waals surface area contributed by atoms with Crippen LogP contribution in [0.2, 0.25) is 0 Å². The molecule has 0 radical (unpaired) electrons. The second-order valence-corrected chi connectivity index (χ2v) is 9.66. The third kappa shape index (κ3) is 3.41. The average molecular weight is 502 g/mol. The van der Waals surface area contributed by atoms with E-state index in [4.69, 9.17) is 4.98 Å². The zero-order valence-electron chi connectivity index (χ0n) is 21.0. The van der Waals surface area contributed by atoms with E-state index < -0.39 is 0 Å². The Bertz CT molecular complexity index is 2020. The molecular weight excluding hydrogens is 478 g/mol. The molecule has 4 aromatic carbocycles. The molecule has 0 unspecified atom stereocenters. The largest absolute Gasteiger partial charge is 0.309 e. The van der Waals surface area contributed by atoms with Crippen LogP contribution >= 0.6 is 0 Å². The van der Waals surface area contributed by atoms with Gasteiger partial charge in [0.1, 0.15) is 5.82 Å². The summed E-state index contributed by atoms with van der Waals surface area (Å²) < 4.78 is 4.17. The van der Waals surface area contributed by atoms with Gasteiger partial charge in [0.05, 0.1) is 28.1 Å². The summed E-state index contributed by atoms with van der Waals surface area (Å²) in [6.45, 7) is 0. The van der Waals surface area contributed by atoms with Crippen LogP contribution in [0.15, 0.2) is 128 Å². The Morgan fingerprint density at radius 3 is 2.21 bits per heavy atom. The molecule has 7 aromatic rings. The Balaban J connectivity index is 1.42. The summed E-state index contributed by atoms with van der Waals surface area (Å²) in [5, 5.41) is 6.89. The Hall–Kier alpha value is -5.42. The molecule has 0 N–H and O–H groups in total. The lowest BCUT2D eigenvalue weighted by atomic mass is 10.1. The van der Waals surface area contributed by atoms with Crippen molar-refractivity contribution >= 4 is 51.0 Å². The normalized spacial score (nSPS) is 12.5. The second kappa shape index (κ2) is 8.57. The second-order valence-electron chi connectivity index (χ2n) is 9.66. The predicted octanol–water partition coefficient (Wildman–Crippen LogP) is 8.32. The standard InChI is InChI=1S/C34H23N5/c1-3-10-30-24(8-1)13-14-25-15-16-26(37-21-7-20-36-37)22-32(25)38(30)27-17-18-29-28-9-2-4-11-31(28)39(33(29)23-27)34-12-5-6-19-35-34/h1-23H. The maximum atomic E-state index is 4.72. The van der Waals surface area contributed by atoms with Crippen LogP contribution in [-0.2, 0) is 0 Å². The first-order valence-corrected chi connectivity index (χ1v) is 13.0. The van der Waals surface area contributed by atoms with E-state index in [9.17, 15) is 0 Å². The number of hydrogen-bond acceptors (Lipinski definition) is 3. The molecule has 0 amide bonds. The number of para-hydroxylation sites is 2. The molecule has 39 heavy (non-hydrogen) atoms. The summed E-state index contributed by atoms with van der Waals surface area (Å²) in [5.74, 6) is 0.903. The molecule has 184 valence electrons. The minimum Gasteiger partial charge on any atom is -0.309 e. The van der Waals surface area contributed by atoms with Crippen LogP contribution in [0.1, 0.15) is 11.1 Å². The number of benzene rings is 4. The van der Waals surface area contributed by atoms with E-state index >= 15 is 0 Å². The molecule has 5 nitrogen and oxygen atoms in total. The fraction of sp³-hybridized carbons (Fsp3) is 0. The molecule has 3 aromatic heterocycles. The van der Waals surface area contributed by atoms with Crippen LogP contribution in [0.4, 0.5) is 17.1 Å². The molecule has 1 aliphatic rings. The minimum atomic E-state index is 0.903. The Morgan fingerprint density at radius 2 is 1.33 bits per heavy atom. The van der Waals surface area contributed by atoms with E-state index in [0.717, 1.165) is 45.2 Å². The molecule has 0 bridgehead atoms.